The molecule has 4 nitrogen and oxygen atoms in total. The van der Waals surface area contributed by atoms with E-state index in [0.717, 1.165) is 23.4 Å². The molecule has 2 fully saturated rings. The normalized spacial score (nSPS) is 28.9. The zero-order valence-corrected chi connectivity index (χ0v) is 11.3. The number of carbonyl (C=O) groups excluding carboxylic acids is 1. The molecule has 2 aliphatic rings. The standard InChI is InChI=1S/C16H18N2O2/c17-16(19)14-9-20-15-2-1-11(6-13(14)15)12-5-10-3-4-18(7-10)8-12/h1-2,6,9-10,12H,3-5,7-8H2,(H2,17,19)/t10-,12-/m0/s1. The van der Waals surface area contributed by atoms with Crippen molar-refractivity contribution in [3.05, 3.63) is 35.6 Å². The van der Waals surface area contributed by atoms with Crippen LogP contribution in [0.5, 0.6) is 0 Å². The molecule has 4 rings (SSSR count). The maximum absolute atomic E-state index is 11.4. The highest BCUT2D eigenvalue weighted by Crippen LogP contribution is 2.37. The number of nitrogens with zero attached hydrogens (tertiary/aromatic N) is 1. The van der Waals surface area contributed by atoms with Crippen molar-refractivity contribution >= 4 is 16.9 Å². The average Bonchev–Trinajstić information content (AvgIpc) is 3.01. The maximum atomic E-state index is 11.4. The van der Waals surface area contributed by atoms with Crippen LogP contribution in [0.4, 0.5) is 0 Å². The van der Waals surface area contributed by atoms with Gasteiger partial charge in [-0.3, -0.25) is 4.79 Å². The number of hydrogen-bond donors (Lipinski definition) is 1. The predicted octanol–water partition coefficient (Wildman–Crippen LogP) is 2.34. The first kappa shape index (κ1) is 12.0. The lowest BCUT2D eigenvalue weighted by molar-refractivity contribution is 0.100. The van der Waals surface area contributed by atoms with Crippen molar-refractivity contribution in [2.24, 2.45) is 11.7 Å². The van der Waals surface area contributed by atoms with Crippen molar-refractivity contribution in [2.75, 3.05) is 19.6 Å². The predicted molar refractivity (Wildman–Crippen MR) is 76.6 cm³/mol. The number of fused-ring (bicyclic) bond motifs is 3. The quantitative estimate of drug-likeness (QED) is 0.911. The van der Waals surface area contributed by atoms with Gasteiger partial charge in [-0.05, 0) is 48.9 Å². The van der Waals surface area contributed by atoms with Crippen LogP contribution in [0.15, 0.2) is 28.9 Å². The van der Waals surface area contributed by atoms with Crippen LogP contribution in [-0.2, 0) is 0 Å². The molecule has 1 aromatic heterocycles. The van der Waals surface area contributed by atoms with E-state index in [-0.39, 0.29) is 0 Å². The van der Waals surface area contributed by atoms with Gasteiger partial charge in [-0.25, -0.2) is 0 Å². The van der Waals surface area contributed by atoms with E-state index in [9.17, 15) is 4.79 Å². The van der Waals surface area contributed by atoms with Crippen LogP contribution in [0, 0.1) is 5.92 Å². The summed E-state index contributed by atoms with van der Waals surface area (Å²) in [5, 5.41) is 0.850. The van der Waals surface area contributed by atoms with E-state index in [0.29, 0.717) is 11.5 Å². The average molecular weight is 270 g/mol. The summed E-state index contributed by atoms with van der Waals surface area (Å²) in [4.78, 5) is 14.0. The number of carbonyl (C=O) groups is 1. The van der Waals surface area contributed by atoms with Gasteiger partial charge in [0.15, 0.2) is 0 Å². The van der Waals surface area contributed by atoms with Gasteiger partial charge in [0.2, 0.25) is 0 Å². The highest BCUT2D eigenvalue weighted by atomic mass is 16.3. The molecule has 2 saturated heterocycles. The van der Waals surface area contributed by atoms with E-state index < -0.39 is 5.91 Å². The molecular formula is C16H18N2O2. The molecule has 4 heteroatoms. The summed E-state index contributed by atoms with van der Waals surface area (Å²) in [6.07, 6.45) is 4.05. The minimum Gasteiger partial charge on any atom is -0.463 e. The summed E-state index contributed by atoms with van der Waals surface area (Å²) in [5.74, 6) is 0.981. The fourth-order valence-electron chi connectivity index (χ4n) is 3.79. The first-order valence-electron chi connectivity index (χ1n) is 7.24. The summed E-state index contributed by atoms with van der Waals surface area (Å²) >= 11 is 0. The lowest BCUT2D eigenvalue weighted by atomic mass is 9.86. The van der Waals surface area contributed by atoms with Crippen molar-refractivity contribution < 1.29 is 9.21 Å². The highest BCUT2D eigenvalue weighted by molar-refractivity contribution is 6.05. The van der Waals surface area contributed by atoms with E-state index in [4.69, 9.17) is 10.2 Å². The van der Waals surface area contributed by atoms with Crippen molar-refractivity contribution in [1.82, 2.24) is 4.90 Å². The minimum absolute atomic E-state index is 0.423. The number of benzene rings is 1. The van der Waals surface area contributed by atoms with Gasteiger partial charge < -0.3 is 15.1 Å². The Hall–Kier alpha value is -1.81. The van der Waals surface area contributed by atoms with Crippen LogP contribution in [0.1, 0.15) is 34.7 Å². The Morgan fingerprint density at radius 1 is 1.35 bits per heavy atom. The van der Waals surface area contributed by atoms with Gasteiger partial charge in [0.1, 0.15) is 11.8 Å². The van der Waals surface area contributed by atoms with Crippen molar-refractivity contribution in [3.8, 4) is 0 Å². The van der Waals surface area contributed by atoms with Gasteiger partial charge in [-0.2, -0.15) is 0 Å². The second-order valence-corrected chi connectivity index (χ2v) is 6.12. The SMILES string of the molecule is NC(=O)c1coc2ccc([C@H]3C[C@@H]4CCN(C4)C3)cc12. The van der Waals surface area contributed by atoms with E-state index in [1.165, 1.54) is 37.8 Å². The van der Waals surface area contributed by atoms with Gasteiger partial charge in [0.25, 0.3) is 5.91 Å². The maximum Gasteiger partial charge on any atom is 0.252 e. The monoisotopic (exact) mass is 270 g/mol. The second-order valence-electron chi connectivity index (χ2n) is 6.12. The van der Waals surface area contributed by atoms with Crippen LogP contribution in [0.25, 0.3) is 11.0 Å². The van der Waals surface area contributed by atoms with Gasteiger partial charge in [-0.15, -0.1) is 0 Å². The smallest absolute Gasteiger partial charge is 0.252 e. The lowest BCUT2D eigenvalue weighted by Crippen LogP contribution is -2.31. The Bertz CT molecular complexity index is 664. The fourth-order valence-corrected chi connectivity index (χ4v) is 3.79. The van der Waals surface area contributed by atoms with Gasteiger partial charge in [-0.1, -0.05) is 6.07 Å². The third kappa shape index (κ3) is 1.83. The number of piperidine rings is 1. The Labute approximate surface area is 117 Å². The summed E-state index contributed by atoms with van der Waals surface area (Å²) in [5.41, 5.74) is 7.93. The van der Waals surface area contributed by atoms with Crippen LogP contribution in [-0.4, -0.2) is 30.4 Å². The summed E-state index contributed by atoms with van der Waals surface area (Å²) in [6.45, 7) is 3.63. The third-order valence-corrected chi connectivity index (χ3v) is 4.80. The molecule has 2 bridgehead atoms. The van der Waals surface area contributed by atoms with Gasteiger partial charge in [0, 0.05) is 18.5 Å². The van der Waals surface area contributed by atoms with Crippen LogP contribution < -0.4 is 5.73 Å². The zero-order valence-electron chi connectivity index (χ0n) is 11.3. The molecule has 1 aromatic carbocycles. The number of nitrogens with two attached hydrogens (primary N) is 1. The minimum atomic E-state index is -0.423. The topological polar surface area (TPSA) is 59.5 Å². The molecule has 1 unspecified atom stereocenters. The molecular weight excluding hydrogens is 252 g/mol. The zero-order chi connectivity index (χ0) is 13.7. The fraction of sp³-hybridized carbons (Fsp3) is 0.438. The molecule has 3 heterocycles. The molecule has 1 amide bonds. The molecule has 0 radical (unpaired) electrons. The molecule has 3 atom stereocenters. The van der Waals surface area contributed by atoms with E-state index in [2.05, 4.69) is 17.0 Å². The molecule has 2 N–H and O–H groups in total. The molecule has 0 aliphatic carbocycles. The molecule has 20 heavy (non-hydrogen) atoms. The Morgan fingerprint density at radius 3 is 3.05 bits per heavy atom. The Kier molecular flexibility index (Phi) is 2.60. The highest BCUT2D eigenvalue weighted by Gasteiger charge is 2.33. The first-order chi connectivity index (χ1) is 9.70. The molecule has 104 valence electrons. The van der Waals surface area contributed by atoms with Gasteiger partial charge >= 0.3 is 0 Å². The second kappa shape index (κ2) is 4.35. The van der Waals surface area contributed by atoms with Crippen LogP contribution >= 0.6 is 0 Å². The molecule has 0 spiro atoms. The van der Waals surface area contributed by atoms with E-state index in [1.54, 1.807) is 0 Å². The summed E-state index contributed by atoms with van der Waals surface area (Å²) in [7, 11) is 0. The summed E-state index contributed by atoms with van der Waals surface area (Å²) in [6, 6.07) is 6.19. The molecule has 2 aliphatic heterocycles. The summed E-state index contributed by atoms with van der Waals surface area (Å²) < 4.78 is 5.40. The Morgan fingerprint density at radius 2 is 2.25 bits per heavy atom. The largest absolute Gasteiger partial charge is 0.463 e. The van der Waals surface area contributed by atoms with Crippen molar-refractivity contribution in [2.45, 2.75) is 18.8 Å². The van der Waals surface area contributed by atoms with Crippen molar-refractivity contribution in [1.29, 1.82) is 0 Å². The number of amides is 1. The third-order valence-electron chi connectivity index (χ3n) is 4.80. The number of primary amides is 1. The molecule has 2 aromatic rings. The first-order valence-corrected chi connectivity index (χ1v) is 7.24. The number of hydrogen-bond acceptors (Lipinski definition) is 3. The van der Waals surface area contributed by atoms with Crippen molar-refractivity contribution in [3.63, 3.8) is 0 Å². The van der Waals surface area contributed by atoms with Gasteiger partial charge in [0.05, 0.1) is 5.56 Å². The number of rotatable bonds is 2. The van der Waals surface area contributed by atoms with Crippen LogP contribution in [0.2, 0.25) is 0 Å². The van der Waals surface area contributed by atoms with E-state index in [1.807, 2.05) is 6.07 Å². The van der Waals surface area contributed by atoms with Crippen LogP contribution in [0.3, 0.4) is 0 Å². The Balaban J connectivity index is 1.73. The van der Waals surface area contributed by atoms with E-state index >= 15 is 0 Å². The number of furan rings is 1. The lowest BCUT2D eigenvalue weighted by Gasteiger charge is -2.30. The molecule has 0 saturated carbocycles.